The van der Waals surface area contributed by atoms with Crippen molar-refractivity contribution in [2.45, 2.75) is 31.2 Å². The zero-order chi connectivity index (χ0) is 32.2. The number of halogens is 2. The summed E-state index contributed by atoms with van der Waals surface area (Å²) in [6.07, 6.45) is 4.21. The summed E-state index contributed by atoms with van der Waals surface area (Å²) in [6, 6.07) is 11.6. The molecular weight excluding hydrogens is 596 g/mol. The minimum Gasteiger partial charge on any atom is -0.495 e. The molecule has 0 saturated carbocycles. The van der Waals surface area contributed by atoms with Crippen molar-refractivity contribution in [3.63, 3.8) is 0 Å². The highest BCUT2D eigenvalue weighted by Crippen LogP contribution is 2.35. The van der Waals surface area contributed by atoms with Crippen molar-refractivity contribution < 1.29 is 27.8 Å². The van der Waals surface area contributed by atoms with Gasteiger partial charge in [0.15, 0.2) is 0 Å². The number of piperidine rings is 1. The van der Waals surface area contributed by atoms with E-state index >= 15 is 4.39 Å². The number of nitrogens with one attached hydrogen (secondary N) is 2. The van der Waals surface area contributed by atoms with Crippen LogP contribution >= 0.6 is 0 Å². The van der Waals surface area contributed by atoms with Gasteiger partial charge in [-0.25, -0.2) is 23.7 Å². The van der Waals surface area contributed by atoms with E-state index in [9.17, 15) is 9.18 Å². The van der Waals surface area contributed by atoms with Gasteiger partial charge in [0, 0.05) is 62.6 Å². The zero-order valence-electron chi connectivity index (χ0n) is 25.6. The Hall–Kier alpha value is -5.04. The van der Waals surface area contributed by atoms with Crippen molar-refractivity contribution >= 4 is 39.8 Å². The smallest absolute Gasteiger partial charge is 0.245 e. The molecule has 2 aromatic carbocycles. The van der Waals surface area contributed by atoms with Crippen molar-refractivity contribution in [3.05, 3.63) is 73.5 Å². The van der Waals surface area contributed by atoms with Crippen LogP contribution in [0, 0.1) is 5.82 Å². The summed E-state index contributed by atoms with van der Waals surface area (Å²) in [5.41, 5.74) is 1.56. The van der Waals surface area contributed by atoms with Gasteiger partial charge < -0.3 is 34.6 Å². The van der Waals surface area contributed by atoms with Crippen LogP contribution in [0.5, 0.6) is 17.2 Å². The summed E-state index contributed by atoms with van der Waals surface area (Å²) in [5.74, 6) is 1.69. The molecule has 2 aromatic heterocycles. The number of ether oxygens (including phenoxy) is 3. The van der Waals surface area contributed by atoms with Crippen molar-refractivity contribution in [2.75, 3.05) is 55.9 Å². The van der Waals surface area contributed by atoms with Crippen LogP contribution in [0.2, 0.25) is 0 Å². The number of anilines is 4. The first-order valence-electron chi connectivity index (χ1n) is 15.0. The lowest BCUT2D eigenvalue weighted by Crippen LogP contribution is -2.41. The molecule has 2 aliphatic heterocycles. The molecule has 1 amide bonds. The molecule has 4 aromatic rings. The Morgan fingerprint density at radius 3 is 2.54 bits per heavy atom. The van der Waals surface area contributed by atoms with Crippen LogP contribution in [0.1, 0.15) is 12.8 Å². The number of hydrogen-bond acceptors (Lipinski definition) is 10. The van der Waals surface area contributed by atoms with Gasteiger partial charge in [-0.05, 0) is 43.2 Å². The molecule has 0 bridgehead atoms. The molecule has 0 unspecified atom stereocenters. The van der Waals surface area contributed by atoms with Gasteiger partial charge in [-0.1, -0.05) is 6.58 Å². The number of rotatable bonds is 10. The molecule has 240 valence electrons. The highest BCUT2D eigenvalue weighted by Gasteiger charge is 2.33. The summed E-state index contributed by atoms with van der Waals surface area (Å²) in [5, 5.41) is 7.30. The number of likely N-dealkylation sites (tertiary alicyclic amines) is 1. The number of carbonyl (C=O) groups excluding carboxylic acids is 1. The Labute approximate surface area is 265 Å². The number of fused-ring (bicyclic) bond motifs is 1. The summed E-state index contributed by atoms with van der Waals surface area (Å²) in [6.45, 7) is 5.38. The van der Waals surface area contributed by atoms with E-state index in [-0.39, 0.29) is 29.9 Å². The normalized spacial score (nSPS) is 18.4. The molecule has 0 aliphatic carbocycles. The largest absolute Gasteiger partial charge is 0.495 e. The van der Waals surface area contributed by atoms with Gasteiger partial charge in [-0.3, -0.25) is 4.79 Å². The fourth-order valence-electron chi connectivity index (χ4n) is 5.76. The molecule has 0 radical (unpaired) electrons. The van der Waals surface area contributed by atoms with E-state index < -0.39 is 18.1 Å². The third kappa shape index (κ3) is 6.64. The molecule has 11 nitrogen and oxygen atoms in total. The molecule has 2 atom stereocenters. The van der Waals surface area contributed by atoms with Crippen LogP contribution in [0.25, 0.3) is 10.9 Å². The second-order valence-corrected chi connectivity index (χ2v) is 11.2. The van der Waals surface area contributed by atoms with Crippen LogP contribution in [0.15, 0.2) is 67.6 Å². The Morgan fingerprint density at radius 2 is 1.83 bits per heavy atom. The van der Waals surface area contributed by atoms with Gasteiger partial charge in [0.1, 0.15) is 53.3 Å². The van der Waals surface area contributed by atoms with Crippen molar-refractivity contribution in [1.82, 2.24) is 19.9 Å². The van der Waals surface area contributed by atoms with Crippen LogP contribution < -0.4 is 25.0 Å². The highest BCUT2D eigenvalue weighted by atomic mass is 19.1. The van der Waals surface area contributed by atoms with Gasteiger partial charge in [-0.15, -0.1) is 0 Å². The summed E-state index contributed by atoms with van der Waals surface area (Å²) in [4.78, 5) is 28.7. The number of hydrogen-bond donors (Lipinski definition) is 2. The van der Waals surface area contributed by atoms with E-state index in [1.807, 2.05) is 12.1 Å². The van der Waals surface area contributed by atoms with Gasteiger partial charge in [-0.2, -0.15) is 0 Å². The van der Waals surface area contributed by atoms with Crippen molar-refractivity contribution in [1.29, 1.82) is 0 Å². The molecule has 4 heterocycles. The van der Waals surface area contributed by atoms with E-state index in [1.165, 1.54) is 25.6 Å². The lowest BCUT2D eigenvalue weighted by molar-refractivity contribution is -0.126. The van der Waals surface area contributed by atoms with E-state index in [0.717, 1.165) is 18.5 Å². The second-order valence-electron chi connectivity index (χ2n) is 11.2. The average molecular weight is 632 g/mol. The average Bonchev–Trinajstić information content (AvgIpc) is 3.46. The van der Waals surface area contributed by atoms with Gasteiger partial charge in [0.2, 0.25) is 5.91 Å². The first-order valence-corrected chi connectivity index (χ1v) is 15.0. The Morgan fingerprint density at radius 1 is 1.02 bits per heavy atom. The summed E-state index contributed by atoms with van der Waals surface area (Å²) in [7, 11) is 3.08. The fourth-order valence-corrected chi connectivity index (χ4v) is 5.76. The molecule has 2 fully saturated rings. The maximum absolute atomic E-state index is 15.4. The Bertz CT molecular complexity index is 1730. The molecule has 13 heteroatoms. The quantitative estimate of drug-likeness (QED) is 0.219. The number of carbonyl (C=O) groups is 1. The molecule has 2 aliphatic rings. The van der Waals surface area contributed by atoms with E-state index in [0.29, 0.717) is 53.7 Å². The zero-order valence-corrected chi connectivity index (χ0v) is 25.6. The first kappa shape index (κ1) is 31.0. The molecule has 46 heavy (non-hydrogen) atoms. The van der Waals surface area contributed by atoms with Gasteiger partial charge in [0.25, 0.3) is 0 Å². The fraction of sp³-hybridized carbons (Fsp3) is 0.333. The standard InChI is InChI=1S/C33H35F2N7O4/c1-4-32(43)41-11-8-20(9-12-41)39-28-15-23-27(16-29(28)44-2)37-19-38-33(23)40-26-6-5-21(13-24(26)34)46-22-7-10-36-31(14-22)42-17-25(35)30(18-42)45-3/h4-7,10,13-16,19-20,25,30,39H,1,8-9,11-12,17-18H2,2-3H3,(H,37,38,40)/t25-,30+/m0/s1. The number of alkyl halides is 1. The highest BCUT2D eigenvalue weighted by molar-refractivity contribution is 5.95. The number of amides is 1. The summed E-state index contributed by atoms with van der Waals surface area (Å²) < 4.78 is 46.3. The van der Waals surface area contributed by atoms with Crippen LogP contribution in [0.3, 0.4) is 0 Å². The predicted molar refractivity (Wildman–Crippen MR) is 171 cm³/mol. The lowest BCUT2D eigenvalue weighted by atomic mass is 10.0. The number of pyridine rings is 1. The first-order chi connectivity index (χ1) is 22.3. The van der Waals surface area contributed by atoms with Gasteiger partial charge in [0.05, 0.1) is 30.5 Å². The SMILES string of the molecule is C=CC(=O)N1CCC(Nc2cc3c(Nc4ccc(Oc5ccnc(N6C[C@H](F)[C@H](OC)C6)c5)cc4F)ncnc3cc2OC)CC1. The molecule has 6 rings (SSSR count). The van der Waals surface area contributed by atoms with E-state index in [1.54, 1.807) is 47.4 Å². The number of aromatic nitrogens is 3. The number of benzene rings is 2. The lowest BCUT2D eigenvalue weighted by Gasteiger charge is -2.32. The minimum absolute atomic E-state index is 0.0658. The van der Waals surface area contributed by atoms with Crippen LogP contribution in [0.4, 0.5) is 31.8 Å². The van der Waals surface area contributed by atoms with Gasteiger partial charge >= 0.3 is 0 Å². The van der Waals surface area contributed by atoms with Crippen molar-refractivity contribution in [2.24, 2.45) is 0 Å². The predicted octanol–water partition coefficient (Wildman–Crippen LogP) is 5.47. The van der Waals surface area contributed by atoms with Crippen LogP contribution in [-0.2, 0) is 9.53 Å². The van der Waals surface area contributed by atoms with Crippen molar-refractivity contribution in [3.8, 4) is 17.2 Å². The second kappa shape index (κ2) is 13.5. The minimum atomic E-state index is -1.11. The Kier molecular flexibility index (Phi) is 9.11. The summed E-state index contributed by atoms with van der Waals surface area (Å²) >= 11 is 0. The maximum atomic E-state index is 15.4. The van der Waals surface area contributed by atoms with E-state index in [4.69, 9.17) is 14.2 Å². The molecule has 2 N–H and O–H groups in total. The molecule has 2 saturated heterocycles. The third-order valence-electron chi connectivity index (χ3n) is 8.27. The molecular formula is C33H35F2N7O4. The third-order valence-corrected chi connectivity index (χ3v) is 8.27. The maximum Gasteiger partial charge on any atom is 0.245 e. The van der Waals surface area contributed by atoms with E-state index in [2.05, 4.69) is 32.2 Å². The Balaban J connectivity index is 1.17. The number of methoxy groups -OCH3 is 2. The monoisotopic (exact) mass is 631 g/mol. The topological polar surface area (TPSA) is 114 Å². The number of nitrogens with zero attached hydrogens (tertiary/aromatic N) is 5. The molecule has 0 spiro atoms. The van der Waals surface area contributed by atoms with Crippen LogP contribution in [-0.4, -0.2) is 84.5 Å².